The van der Waals surface area contributed by atoms with Crippen molar-refractivity contribution < 1.29 is 4.39 Å². The number of hydrogen-bond acceptors (Lipinski definition) is 1. The standard InChI is InChI=1S/C18H14FNO/c19-16-6-2-5-14-17(16)15(10-20-18(14)21)13-8-7-11-3-1-4-12(11)9-13/h2,5-10H,1,3-4H2,(H,20,21). The van der Waals surface area contributed by atoms with Gasteiger partial charge in [0, 0.05) is 17.1 Å². The molecular weight excluding hydrogens is 265 g/mol. The molecule has 1 aliphatic rings. The van der Waals surface area contributed by atoms with Crippen molar-refractivity contribution in [1.29, 1.82) is 0 Å². The van der Waals surface area contributed by atoms with E-state index in [1.165, 1.54) is 23.6 Å². The predicted molar refractivity (Wildman–Crippen MR) is 82.0 cm³/mol. The van der Waals surface area contributed by atoms with Crippen molar-refractivity contribution in [3.8, 4) is 11.1 Å². The molecule has 0 radical (unpaired) electrons. The van der Waals surface area contributed by atoms with Crippen molar-refractivity contribution in [2.45, 2.75) is 19.3 Å². The van der Waals surface area contributed by atoms with Crippen LogP contribution in [0.2, 0.25) is 0 Å². The number of fused-ring (bicyclic) bond motifs is 2. The molecule has 2 aromatic carbocycles. The summed E-state index contributed by atoms with van der Waals surface area (Å²) in [7, 11) is 0. The summed E-state index contributed by atoms with van der Waals surface area (Å²) < 4.78 is 14.2. The molecule has 21 heavy (non-hydrogen) atoms. The van der Waals surface area contributed by atoms with Gasteiger partial charge in [0.05, 0.1) is 5.39 Å². The number of rotatable bonds is 1. The fourth-order valence-electron chi connectivity index (χ4n) is 3.24. The molecule has 1 N–H and O–H groups in total. The maximum Gasteiger partial charge on any atom is 0.255 e. The first-order valence-corrected chi connectivity index (χ1v) is 7.16. The first-order chi connectivity index (χ1) is 10.2. The van der Waals surface area contributed by atoms with Gasteiger partial charge < -0.3 is 4.98 Å². The zero-order valence-electron chi connectivity index (χ0n) is 11.4. The Morgan fingerprint density at radius 2 is 1.90 bits per heavy atom. The highest BCUT2D eigenvalue weighted by molar-refractivity contribution is 5.96. The number of nitrogens with one attached hydrogen (secondary N) is 1. The van der Waals surface area contributed by atoms with Gasteiger partial charge in [-0.3, -0.25) is 4.79 Å². The monoisotopic (exact) mass is 279 g/mol. The van der Waals surface area contributed by atoms with Crippen LogP contribution in [0.1, 0.15) is 17.5 Å². The van der Waals surface area contributed by atoms with Gasteiger partial charge in [-0.15, -0.1) is 0 Å². The van der Waals surface area contributed by atoms with Crippen LogP contribution in [0.15, 0.2) is 47.4 Å². The molecule has 0 saturated carbocycles. The third-order valence-electron chi connectivity index (χ3n) is 4.28. The number of aromatic amines is 1. The largest absolute Gasteiger partial charge is 0.328 e. The number of aromatic nitrogens is 1. The van der Waals surface area contributed by atoms with Crippen molar-refractivity contribution in [2.24, 2.45) is 0 Å². The lowest BCUT2D eigenvalue weighted by Gasteiger charge is -2.09. The molecule has 0 spiro atoms. The summed E-state index contributed by atoms with van der Waals surface area (Å²) in [5, 5.41) is 0.798. The van der Waals surface area contributed by atoms with Gasteiger partial charge in [0.15, 0.2) is 0 Å². The van der Waals surface area contributed by atoms with Crippen molar-refractivity contribution in [3.05, 3.63) is 69.9 Å². The Morgan fingerprint density at radius 3 is 2.81 bits per heavy atom. The number of hydrogen-bond donors (Lipinski definition) is 1. The van der Waals surface area contributed by atoms with Gasteiger partial charge in [-0.1, -0.05) is 24.3 Å². The Balaban J connectivity index is 2.03. The fraction of sp³-hybridized carbons (Fsp3) is 0.167. The highest BCUT2D eigenvalue weighted by Crippen LogP contribution is 2.32. The quantitative estimate of drug-likeness (QED) is 0.721. The Morgan fingerprint density at radius 1 is 1.05 bits per heavy atom. The molecule has 0 bridgehead atoms. The Bertz CT molecular complexity index is 911. The molecule has 0 unspecified atom stereocenters. The number of pyridine rings is 1. The minimum atomic E-state index is -0.353. The molecule has 0 amide bonds. The molecule has 0 aliphatic heterocycles. The molecule has 1 heterocycles. The van der Waals surface area contributed by atoms with E-state index in [-0.39, 0.29) is 11.4 Å². The Hall–Kier alpha value is -2.42. The summed E-state index contributed by atoms with van der Waals surface area (Å²) in [6.45, 7) is 0. The van der Waals surface area contributed by atoms with Crippen LogP contribution in [0.5, 0.6) is 0 Å². The first-order valence-electron chi connectivity index (χ1n) is 7.16. The summed E-state index contributed by atoms with van der Waals surface area (Å²) in [6, 6.07) is 10.9. The van der Waals surface area contributed by atoms with E-state index >= 15 is 0 Å². The average molecular weight is 279 g/mol. The number of halogens is 1. The Kier molecular flexibility index (Phi) is 2.67. The zero-order valence-corrected chi connectivity index (χ0v) is 11.4. The van der Waals surface area contributed by atoms with Crippen LogP contribution < -0.4 is 5.56 Å². The highest BCUT2D eigenvalue weighted by Gasteiger charge is 2.15. The van der Waals surface area contributed by atoms with Crippen LogP contribution in [0.25, 0.3) is 21.9 Å². The summed E-state index contributed by atoms with van der Waals surface area (Å²) >= 11 is 0. The van der Waals surface area contributed by atoms with E-state index in [1.54, 1.807) is 18.3 Å². The van der Waals surface area contributed by atoms with Crippen molar-refractivity contribution in [2.75, 3.05) is 0 Å². The second-order valence-corrected chi connectivity index (χ2v) is 5.53. The Labute approximate surface area is 121 Å². The SMILES string of the molecule is O=c1[nH]cc(-c2ccc3c(c2)CCC3)c2c(F)cccc12. The lowest BCUT2D eigenvalue weighted by Crippen LogP contribution is -2.06. The maximum atomic E-state index is 14.2. The van der Waals surface area contributed by atoms with E-state index in [9.17, 15) is 9.18 Å². The normalized spacial score (nSPS) is 13.6. The molecule has 0 saturated heterocycles. The van der Waals surface area contributed by atoms with E-state index in [1.807, 2.05) is 6.07 Å². The zero-order chi connectivity index (χ0) is 14.4. The number of benzene rings is 2. The molecule has 4 rings (SSSR count). The van der Waals surface area contributed by atoms with Crippen LogP contribution >= 0.6 is 0 Å². The smallest absolute Gasteiger partial charge is 0.255 e. The van der Waals surface area contributed by atoms with Gasteiger partial charge >= 0.3 is 0 Å². The summed E-state index contributed by atoms with van der Waals surface area (Å²) in [4.78, 5) is 14.6. The molecule has 3 heteroatoms. The molecule has 2 nitrogen and oxygen atoms in total. The highest BCUT2D eigenvalue weighted by atomic mass is 19.1. The van der Waals surface area contributed by atoms with E-state index in [4.69, 9.17) is 0 Å². The third kappa shape index (κ3) is 1.88. The lowest BCUT2D eigenvalue weighted by atomic mass is 9.97. The van der Waals surface area contributed by atoms with E-state index in [2.05, 4.69) is 17.1 Å². The number of H-pyrrole nitrogens is 1. The lowest BCUT2D eigenvalue weighted by molar-refractivity contribution is 0.640. The molecular formula is C18H14FNO. The van der Waals surface area contributed by atoms with Gasteiger partial charge in [-0.25, -0.2) is 4.39 Å². The molecule has 0 atom stereocenters. The second-order valence-electron chi connectivity index (χ2n) is 5.53. The van der Waals surface area contributed by atoms with Gasteiger partial charge in [0.2, 0.25) is 0 Å². The van der Waals surface area contributed by atoms with Crippen LogP contribution in [0.3, 0.4) is 0 Å². The van der Waals surface area contributed by atoms with Gasteiger partial charge in [-0.2, -0.15) is 0 Å². The second kappa shape index (κ2) is 4.55. The van der Waals surface area contributed by atoms with E-state index in [0.29, 0.717) is 10.8 Å². The molecule has 0 fully saturated rings. The molecule has 3 aromatic rings. The molecule has 1 aliphatic carbocycles. The summed E-state index contributed by atoms with van der Waals surface area (Å²) in [5.41, 5.74) is 4.17. The van der Waals surface area contributed by atoms with Gasteiger partial charge in [0.1, 0.15) is 5.82 Å². The fourth-order valence-corrected chi connectivity index (χ4v) is 3.24. The first kappa shape index (κ1) is 12.3. The summed E-state index contributed by atoms with van der Waals surface area (Å²) in [6.07, 6.45) is 4.99. The topological polar surface area (TPSA) is 32.9 Å². The average Bonchev–Trinajstić information content (AvgIpc) is 2.96. The third-order valence-corrected chi connectivity index (χ3v) is 4.28. The molecule has 1 aromatic heterocycles. The van der Waals surface area contributed by atoms with Gasteiger partial charge in [-0.05, 0) is 48.1 Å². The van der Waals surface area contributed by atoms with E-state index in [0.717, 1.165) is 24.0 Å². The van der Waals surface area contributed by atoms with Crippen LogP contribution in [-0.4, -0.2) is 4.98 Å². The summed E-state index contributed by atoms with van der Waals surface area (Å²) in [5.74, 6) is -0.353. The van der Waals surface area contributed by atoms with Crippen molar-refractivity contribution in [1.82, 2.24) is 4.98 Å². The van der Waals surface area contributed by atoms with Gasteiger partial charge in [0.25, 0.3) is 5.56 Å². The minimum absolute atomic E-state index is 0.255. The predicted octanol–water partition coefficient (Wildman–Crippen LogP) is 3.82. The van der Waals surface area contributed by atoms with Crippen LogP contribution in [0.4, 0.5) is 4.39 Å². The minimum Gasteiger partial charge on any atom is -0.328 e. The van der Waals surface area contributed by atoms with Crippen LogP contribution in [-0.2, 0) is 12.8 Å². The molecule has 104 valence electrons. The number of aryl methyl sites for hydroxylation is 2. The van der Waals surface area contributed by atoms with E-state index < -0.39 is 0 Å². The van der Waals surface area contributed by atoms with Crippen LogP contribution in [0, 0.1) is 5.82 Å². The van der Waals surface area contributed by atoms with Crippen molar-refractivity contribution >= 4 is 10.8 Å². The van der Waals surface area contributed by atoms with Crippen molar-refractivity contribution in [3.63, 3.8) is 0 Å². The maximum absolute atomic E-state index is 14.2.